The Balaban J connectivity index is 1.42. The second-order valence-corrected chi connectivity index (χ2v) is 11.4. The van der Waals surface area contributed by atoms with Gasteiger partial charge in [-0.05, 0) is 86.1 Å². The number of nitrogens with two attached hydrogens (primary N) is 1. The molecule has 226 valence electrons. The fourth-order valence-electron chi connectivity index (χ4n) is 5.24. The third-order valence-electron chi connectivity index (χ3n) is 7.90. The molecule has 7 nitrogen and oxygen atoms in total. The predicted octanol–water partition coefficient (Wildman–Crippen LogP) is 4.92. The van der Waals surface area contributed by atoms with E-state index in [1.54, 1.807) is 0 Å². The number of amides is 2. The fourth-order valence-corrected chi connectivity index (χ4v) is 5.24. The molecule has 0 bridgehead atoms. The summed E-state index contributed by atoms with van der Waals surface area (Å²) in [6, 6.07) is 13.4. The number of hydrogen-bond donors (Lipinski definition) is 4. The number of nitrogens with one attached hydrogen (secondary N) is 2. The smallest absolute Gasteiger partial charge is 0.220 e. The maximum Gasteiger partial charge on any atom is 0.220 e. The van der Waals surface area contributed by atoms with E-state index in [0.29, 0.717) is 44.7 Å². The van der Waals surface area contributed by atoms with Crippen LogP contribution in [0.1, 0.15) is 88.3 Å². The van der Waals surface area contributed by atoms with E-state index in [4.69, 9.17) is 10.5 Å². The van der Waals surface area contributed by atoms with Crippen LogP contribution in [0.25, 0.3) is 0 Å². The predicted molar refractivity (Wildman–Crippen MR) is 160 cm³/mol. The lowest BCUT2D eigenvalue weighted by molar-refractivity contribution is -0.121. The van der Waals surface area contributed by atoms with E-state index >= 15 is 0 Å². The van der Waals surface area contributed by atoms with Crippen molar-refractivity contribution in [3.05, 3.63) is 65.0 Å². The van der Waals surface area contributed by atoms with E-state index in [1.807, 2.05) is 6.07 Å². The summed E-state index contributed by atoms with van der Waals surface area (Å²) in [6.45, 7) is 5.71. The van der Waals surface area contributed by atoms with E-state index in [-0.39, 0.29) is 36.0 Å². The molecule has 1 fully saturated rings. The summed E-state index contributed by atoms with van der Waals surface area (Å²) in [4.78, 5) is 22.8. The molecule has 5 N–H and O–H groups in total. The number of benzene rings is 2. The van der Waals surface area contributed by atoms with Crippen molar-refractivity contribution in [3.8, 4) is 5.75 Å². The first-order valence-corrected chi connectivity index (χ1v) is 15.2. The highest BCUT2D eigenvalue weighted by molar-refractivity contribution is 5.77. The number of hydrogen-bond acceptors (Lipinski definition) is 5. The van der Waals surface area contributed by atoms with Gasteiger partial charge < -0.3 is 26.2 Å². The average Bonchev–Trinajstić information content (AvgIpc) is 3.74. The fraction of sp³-hybridized carbons (Fsp3) is 0.576. The lowest BCUT2D eigenvalue weighted by Crippen LogP contribution is -2.36. The lowest BCUT2D eigenvalue weighted by atomic mass is 10.00. The van der Waals surface area contributed by atoms with Crippen LogP contribution in [-0.2, 0) is 28.0 Å². The highest BCUT2D eigenvalue weighted by Crippen LogP contribution is 2.45. The minimum Gasteiger partial charge on any atom is -0.493 e. The quantitative estimate of drug-likeness (QED) is 0.181. The molecule has 0 aromatic heterocycles. The number of carbonyl (C=O) groups is 2. The number of ether oxygens (including phenoxy) is 1. The molecule has 3 rings (SSSR count). The van der Waals surface area contributed by atoms with Crippen molar-refractivity contribution >= 4 is 11.8 Å². The molecule has 8 heteroatoms. The number of primary amides is 1. The Labute approximate surface area is 244 Å². The molecule has 1 unspecified atom stereocenters. The Kier molecular flexibility index (Phi) is 13.1. The minimum atomic E-state index is -0.533. The number of aliphatic hydroxyl groups excluding tert-OH is 1. The van der Waals surface area contributed by atoms with Crippen LogP contribution in [0.2, 0.25) is 0 Å². The van der Waals surface area contributed by atoms with Crippen LogP contribution in [0.4, 0.5) is 4.39 Å². The van der Waals surface area contributed by atoms with Crippen molar-refractivity contribution < 1.29 is 23.8 Å². The third-order valence-corrected chi connectivity index (χ3v) is 7.90. The maximum atomic E-state index is 14.4. The van der Waals surface area contributed by atoms with Crippen molar-refractivity contribution in [1.29, 1.82) is 0 Å². The number of aryl methyl sites for hydroxylation is 2. The second kappa shape index (κ2) is 16.5. The molecule has 0 saturated heterocycles. The number of aliphatic hydroxyl groups is 1. The summed E-state index contributed by atoms with van der Waals surface area (Å²) in [5.41, 5.74) is 8.49. The number of halogens is 1. The molecule has 1 aliphatic carbocycles. The van der Waals surface area contributed by atoms with Crippen LogP contribution in [-0.4, -0.2) is 42.7 Å². The van der Waals surface area contributed by atoms with E-state index in [0.717, 1.165) is 44.1 Å². The molecular weight excluding hydrogens is 521 g/mol. The van der Waals surface area contributed by atoms with E-state index < -0.39 is 12.0 Å². The monoisotopic (exact) mass is 569 g/mol. The van der Waals surface area contributed by atoms with Gasteiger partial charge in [0, 0.05) is 37.5 Å². The molecule has 2 atom stereocenters. The largest absolute Gasteiger partial charge is 0.493 e. The highest BCUT2D eigenvalue weighted by Gasteiger charge is 2.44. The summed E-state index contributed by atoms with van der Waals surface area (Å²) in [7, 11) is 0. The molecule has 2 aromatic carbocycles. The average molecular weight is 570 g/mol. The van der Waals surface area contributed by atoms with Crippen LogP contribution >= 0.6 is 0 Å². The van der Waals surface area contributed by atoms with Gasteiger partial charge in [-0.3, -0.25) is 9.59 Å². The molecule has 0 heterocycles. The maximum absolute atomic E-state index is 14.4. The summed E-state index contributed by atoms with van der Waals surface area (Å²) < 4.78 is 20.4. The Bertz CT molecular complexity index is 1120. The molecule has 0 spiro atoms. The van der Waals surface area contributed by atoms with Gasteiger partial charge in [0.2, 0.25) is 11.8 Å². The van der Waals surface area contributed by atoms with Gasteiger partial charge >= 0.3 is 0 Å². The van der Waals surface area contributed by atoms with Crippen LogP contribution < -0.4 is 21.1 Å². The Morgan fingerprint density at radius 1 is 1.07 bits per heavy atom. The van der Waals surface area contributed by atoms with Crippen molar-refractivity contribution in [1.82, 2.24) is 10.6 Å². The normalized spacial score (nSPS) is 15.2. The van der Waals surface area contributed by atoms with Gasteiger partial charge in [0.15, 0.2) is 0 Å². The standard InChI is InChI=1S/C33H48FN3O4/c1-3-7-25(14-17-36-32(40)11-6-10-31(35)39)23-41-30-20-26(19-28(34)21-30)12-13-29(38)22-37-33(15-16-33)27-9-5-8-24(4-2)18-27/h5,8-9,18-21,25,29,37-38H,3-4,6-7,10-17,22-23H2,1-2H3,(H2,35,39)(H,36,40)/t25?,29-/m0/s1. The Morgan fingerprint density at radius 2 is 1.88 bits per heavy atom. The summed E-state index contributed by atoms with van der Waals surface area (Å²) >= 11 is 0. The molecule has 0 aliphatic heterocycles. The van der Waals surface area contributed by atoms with E-state index in [1.165, 1.54) is 23.3 Å². The molecule has 41 heavy (non-hydrogen) atoms. The van der Waals surface area contributed by atoms with Crippen LogP contribution in [0.15, 0.2) is 42.5 Å². The summed E-state index contributed by atoms with van der Waals surface area (Å²) in [5.74, 6) is -0.140. The third kappa shape index (κ3) is 11.4. The van der Waals surface area contributed by atoms with Crippen molar-refractivity contribution in [2.45, 2.75) is 96.1 Å². The first-order valence-electron chi connectivity index (χ1n) is 15.2. The zero-order valence-electron chi connectivity index (χ0n) is 24.7. The van der Waals surface area contributed by atoms with Crippen LogP contribution in [0.3, 0.4) is 0 Å². The first kappa shape index (κ1) is 32.5. The lowest BCUT2D eigenvalue weighted by Gasteiger charge is -2.21. The van der Waals surface area contributed by atoms with Gasteiger partial charge in [-0.25, -0.2) is 4.39 Å². The zero-order chi connectivity index (χ0) is 29.7. The van der Waals surface area contributed by atoms with Crippen LogP contribution in [0.5, 0.6) is 5.75 Å². The van der Waals surface area contributed by atoms with Gasteiger partial charge in [-0.2, -0.15) is 0 Å². The van der Waals surface area contributed by atoms with Gasteiger partial charge in [-0.15, -0.1) is 0 Å². The van der Waals surface area contributed by atoms with Crippen molar-refractivity contribution in [3.63, 3.8) is 0 Å². The molecule has 2 amide bonds. The van der Waals surface area contributed by atoms with Gasteiger partial charge in [0.25, 0.3) is 0 Å². The van der Waals surface area contributed by atoms with Gasteiger partial charge in [0.05, 0.1) is 12.7 Å². The number of carbonyl (C=O) groups excluding carboxylic acids is 2. The van der Waals surface area contributed by atoms with Crippen molar-refractivity contribution in [2.75, 3.05) is 19.7 Å². The molecule has 1 saturated carbocycles. The minimum absolute atomic E-state index is 0.0330. The molecule has 1 aliphatic rings. The Hall–Kier alpha value is -2.97. The zero-order valence-corrected chi connectivity index (χ0v) is 24.7. The molecule has 0 radical (unpaired) electrons. The number of rotatable bonds is 20. The SMILES string of the molecule is CCCC(CCNC(=O)CCCC(N)=O)COc1cc(F)cc(CC[C@H](O)CNC2(c3cccc(CC)c3)CC2)c1. The molecule has 2 aromatic rings. The molecular formula is C33H48FN3O4. The second-order valence-electron chi connectivity index (χ2n) is 11.4. The topological polar surface area (TPSA) is 114 Å². The van der Waals surface area contributed by atoms with Gasteiger partial charge in [0.1, 0.15) is 11.6 Å². The summed E-state index contributed by atoms with van der Waals surface area (Å²) in [6.07, 6.45) is 7.29. The highest BCUT2D eigenvalue weighted by atomic mass is 19.1. The van der Waals surface area contributed by atoms with E-state index in [2.05, 4.69) is 48.7 Å². The first-order chi connectivity index (χ1) is 19.7. The van der Waals surface area contributed by atoms with Crippen molar-refractivity contribution in [2.24, 2.45) is 11.7 Å². The van der Waals surface area contributed by atoms with Gasteiger partial charge in [-0.1, -0.05) is 44.5 Å². The van der Waals surface area contributed by atoms with E-state index in [9.17, 15) is 19.1 Å². The summed E-state index contributed by atoms with van der Waals surface area (Å²) in [5, 5.41) is 17.2. The van der Waals surface area contributed by atoms with Crippen LogP contribution in [0, 0.1) is 11.7 Å². The Morgan fingerprint density at radius 3 is 2.59 bits per heavy atom.